The van der Waals surface area contributed by atoms with Crippen molar-refractivity contribution >= 4 is 31.6 Å². The van der Waals surface area contributed by atoms with Gasteiger partial charge in [0.25, 0.3) is 5.91 Å². The SMILES string of the molecule is CCOc1ccc(S(=O)(=O)N(CC)CC)cc1NC(=O)c1cccc(S(=O)(=O)NC(C)C)c1. The van der Waals surface area contributed by atoms with Gasteiger partial charge in [0.05, 0.1) is 22.1 Å². The summed E-state index contributed by atoms with van der Waals surface area (Å²) in [5.41, 5.74) is 0.268. The van der Waals surface area contributed by atoms with Crippen LogP contribution in [0.25, 0.3) is 0 Å². The number of carbonyl (C=O) groups is 1. The maximum atomic E-state index is 12.9. The van der Waals surface area contributed by atoms with Crippen LogP contribution in [0.5, 0.6) is 5.75 Å². The molecule has 0 fully saturated rings. The minimum absolute atomic E-state index is 0.0161. The van der Waals surface area contributed by atoms with Crippen LogP contribution in [0.15, 0.2) is 52.3 Å². The molecule has 11 heteroatoms. The van der Waals surface area contributed by atoms with E-state index < -0.39 is 26.0 Å². The number of hydrogen-bond donors (Lipinski definition) is 2. The summed E-state index contributed by atoms with van der Waals surface area (Å²) < 4.78 is 60.1. The van der Waals surface area contributed by atoms with Crippen molar-refractivity contribution in [2.24, 2.45) is 0 Å². The highest BCUT2D eigenvalue weighted by atomic mass is 32.2. The number of carbonyl (C=O) groups excluding carboxylic acids is 1. The largest absolute Gasteiger partial charge is 0.492 e. The van der Waals surface area contributed by atoms with E-state index in [-0.39, 0.29) is 27.1 Å². The molecule has 0 heterocycles. The first-order chi connectivity index (χ1) is 15.5. The number of rotatable bonds is 11. The maximum Gasteiger partial charge on any atom is 0.255 e. The van der Waals surface area contributed by atoms with Crippen LogP contribution in [0.2, 0.25) is 0 Å². The summed E-state index contributed by atoms with van der Waals surface area (Å²) in [5, 5.41) is 2.66. The minimum Gasteiger partial charge on any atom is -0.492 e. The molecule has 0 spiro atoms. The summed E-state index contributed by atoms with van der Waals surface area (Å²) in [6.45, 7) is 9.56. The van der Waals surface area contributed by atoms with E-state index in [0.717, 1.165) is 0 Å². The first-order valence-electron chi connectivity index (χ1n) is 10.7. The van der Waals surface area contributed by atoms with E-state index in [1.807, 2.05) is 0 Å². The van der Waals surface area contributed by atoms with Gasteiger partial charge in [0.2, 0.25) is 20.0 Å². The zero-order chi connectivity index (χ0) is 24.8. The average Bonchev–Trinajstić information content (AvgIpc) is 2.75. The first-order valence-corrected chi connectivity index (χ1v) is 13.6. The van der Waals surface area contributed by atoms with Crippen molar-refractivity contribution in [3.8, 4) is 5.75 Å². The Hall–Kier alpha value is -2.47. The zero-order valence-electron chi connectivity index (χ0n) is 19.5. The summed E-state index contributed by atoms with van der Waals surface area (Å²) in [6.07, 6.45) is 0. The van der Waals surface area contributed by atoms with Crippen LogP contribution < -0.4 is 14.8 Å². The van der Waals surface area contributed by atoms with Gasteiger partial charge in [-0.2, -0.15) is 4.31 Å². The lowest BCUT2D eigenvalue weighted by atomic mass is 10.2. The molecule has 0 radical (unpaired) electrons. The fourth-order valence-electron chi connectivity index (χ4n) is 3.14. The fraction of sp³-hybridized carbons (Fsp3) is 0.409. The van der Waals surface area contributed by atoms with E-state index in [2.05, 4.69) is 10.0 Å². The molecule has 182 valence electrons. The molecule has 0 saturated heterocycles. The predicted molar refractivity (Wildman–Crippen MR) is 128 cm³/mol. The Kier molecular flexibility index (Phi) is 9.01. The van der Waals surface area contributed by atoms with Gasteiger partial charge < -0.3 is 10.1 Å². The smallest absolute Gasteiger partial charge is 0.255 e. The molecule has 1 amide bonds. The molecule has 0 unspecified atom stereocenters. The van der Waals surface area contributed by atoms with Gasteiger partial charge >= 0.3 is 0 Å². The number of amides is 1. The van der Waals surface area contributed by atoms with Crippen molar-refractivity contribution in [3.63, 3.8) is 0 Å². The van der Waals surface area contributed by atoms with Crippen molar-refractivity contribution in [2.45, 2.75) is 50.5 Å². The highest BCUT2D eigenvalue weighted by molar-refractivity contribution is 7.89. The van der Waals surface area contributed by atoms with Crippen LogP contribution in [0.4, 0.5) is 5.69 Å². The molecule has 2 N–H and O–H groups in total. The molecule has 0 atom stereocenters. The van der Waals surface area contributed by atoms with E-state index in [1.54, 1.807) is 34.6 Å². The van der Waals surface area contributed by atoms with Crippen LogP contribution in [0.1, 0.15) is 45.0 Å². The molecule has 2 rings (SSSR count). The van der Waals surface area contributed by atoms with E-state index in [9.17, 15) is 21.6 Å². The average molecular weight is 498 g/mol. The zero-order valence-corrected chi connectivity index (χ0v) is 21.1. The van der Waals surface area contributed by atoms with Gasteiger partial charge in [-0.05, 0) is 57.2 Å². The summed E-state index contributed by atoms with van der Waals surface area (Å²) >= 11 is 0. The third kappa shape index (κ3) is 6.53. The Bertz CT molecular complexity index is 1190. The third-order valence-electron chi connectivity index (χ3n) is 4.64. The number of nitrogens with one attached hydrogen (secondary N) is 2. The normalized spacial score (nSPS) is 12.2. The van der Waals surface area contributed by atoms with E-state index in [1.165, 1.54) is 46.8 Å². The molecule has 0 aromatic heterocycles. The summed E-state index contributed by atoms with van der Waals surface area (Å²) in [7, 11) is -7.54. The van der Waals surface area contributed by atoms with Crippen LogP contribution in [-0.4, -0.2) is 52.8 Å². The standard InChI is InChI=1S/C22H31N3O6S2/c1-6-25(7-2)33(29,30)19-12-13-21(31-8-3)20(15-19)23-22(26)17-10-9-11-18(14-17)32(27,28)24-16(4)5/h9-16,24H,6-8H2,1-5H3,(H,23,26). The lowest BCUT2D eigenvalue weighted by molar-refractivity contribution is 0.102. The first kappa shape index (κ1) is 26.8. The number of ether oxygens (including phenoxy) is 1. The third-order valence-corrected chi connectivity index (χ3v) is 8.34. The summed E-state index contributed by atoms with van der Waals surface area (Å²) in [6, 6.07) is 9.55. The van der Waals surface area contributed by atoms with Crippen molar-refractivity contribution in [2.75, 3.05) is 25.0 Å². The molecule has 33 heavy (non-hydrogen) atoms. The van der Waals surface area contributed by atoms with Crippen molar-refractivity contribution in [1.29, 1.82) is 0 Å². The molecule has 0 aliphatic heterocycles. The van der Waals surface area contributed by atoms with E-state index in [4.69, 9.17) is 4.74 Å². The number of anilines is 1. The lowest BCUT2D eigenvalue weighted by Crippen LogP contribution is -2.30. The lowest BCUT2D eigenvalue weighted by Gasteiger charge is -2.20. The maximum absolute atomic E-state index is 12.9. The van der Waals surface area contributed by atoms with Gasteiger partial charge in [0, 0.05) is 24.7 Å². The number of hydrogen-bond acceptors (Lipinski definition) is 6. The monoisotopic (exact) mass is 497 g/mol. The predicted octanol–water partition coefficient (Wildman–Crippen LogP) is 3.05. The van der Waals surface area contributed by atoms with Crippen LogP contribution in [0.3, 0.4) is 0 Å². The minimum atomic E-state index is -3.79. The number of benzene rings is 2. The van der Waals surface area contributed by atoms with Gasteiger partial charge in [-0.15, -0.1) is 0 Å². The van der Waals surface area contributed by atoms with Crippen LogP contribution >= 0.6 is 0 Å². The molecule has 0 aliphatic carbocycles. The fourth-order valence-corrected chi connectivity index (χ4v) is 5.92. The Morgan fingerprint density at radius 2 is 1.64 bits per heavy atom. The van der Waals surface area contributed by atoms with Crippen LogP contribution in [-0.2, 0) is 20.0 Å². The molecule has 0 bridgehead atoms. The Labute approximate surface area is 196 Å². The molecule has 2 aromatic carbocycles. The highest BCUT2D eigenvalue weighted by Crippen LogP contribution is 2.30. The molecule has 0 aliphatic rings. The Morgan fingerprint density at radius 3 is 2.21 bits per heavy atom. The topological polar surface area (TPSA) is 122 Å². The Balaban J connectivity index is 2.43. The molecular weight excluding hydrogens is 466 g/mol. The molecular formula is C22H31N3O6S2. The summed E-state index contributed by atoms with van der Waals surface area (Å²) in [5.74, 6) is -0.301. The van der Waals surface area contributed by atoms with Crippen molar-refractivity contribution in [1.82, 2.24) is 9.03 Å². The molecule has 0 saturated carbocycles. The Morgan fingerprint density at radius 1 is 0.970 bits per heavy atom. The van der Waals surface area contributed by atoms with E-state index >= 15 is 0 Å². The van der Waals surface area contributed by atoms with Crippen molar-refractivity contribution < 1.29 is 26.4 Å². The molecule has 9 nitrogen and oxygen atoms in total. The van der Waals surface area contributed by atoms with Gasteiger partial charge in [-0.25, -0.2) is 21.6 Å². The highest BCUT2D eigenvalue weighted by Gasteiger charge is 2.24. The summed E-state index contributed by atoms with van der Waals surface area (Å²) in [4.78, 5) is 12.9. The van der Waals surface area contributed by atoms with Gasteiger partial charge in [0.1, 0.15) is 5.75 Å². The molecule has 2 aromatic rings. The van der Waals surface area contributed by atoms with Crippen molar-refractivity contribution in [3.05, 3.63) is 48.0 Å². The second-order valence-electron chi connectivity index (χ2n) is 7.44. The van der Waals surface area contributed by atoms with Gasteiger partial charge in [-0.3, -0.25) is 4.79 Å². The quantitative estimate of drug-likeness (QED) is 0.492. The second kappa shape index (κ2) is 11.1. The number of sulfonamides is 2. The van der Waals surface area contributed by atoms with Crippen LogP contribution in [0, 0.1) is 0 Å². The van der Waals surface area contributed by atoms with E-state index in [0.29, 0.717) is 25.4 Å². The second-order valence-corrected chi connectivity index (χ2v) is 11.1. The van der Waals surface area contributed by atoms with Gasteiger partial charge in [0.15, 0.2) is 0 Å². The number of nitrogens with zero attached hydrogens (tertiary/aromatic N) is 1. The van der Waals surface area contributed by atoms with Gasteiger partial charge in [-0.1, -0.05) is 19.9 Å².